The summed E-state index contributed by atoms with van der Waals surface area (Å²) >= 11 is 4.94. The van der Waals surface area contributed by atoms with Gasteiger partial charge in [0.25, 0.3) is 5.92 Å². The van der Waals surface area contributed by atoms with E-state index in [1.54, 1.807) is 4.90 Å². The summed E-state index contributed by atoms with van der Waals surface area (Å²) in [5.41, 5.74) is 0. The van der Waals surface area contributed by atoms with Gasteiger partial charge in [0, 0.05) is 12.3 Å². The molecule has 1 rings (SSSR count). The van der Waals surface area contributed by atoms with Crippen molar-refractivity contribution in [2.75, 3.05) is 31.6 Å². The summed E-state index contributed by atoms with van der Waals surface area (Å²) in [4.78, 5) is 1.75. The molecule has 66 valence electrons. The van der Waals surface area contributed by atoms with E-state index in [4.69, 9.17) is 11.2 Å². The van der Waals surface area contributed by atoms with Crippen LogP contribution in [0, 0.1) is 0 Å². The van der Waals surface area contributed by atoms with Gasteiger partial charge in [-0.1, -0.05) is 11.2 Å². The van der Waals surface area contributed by atoms with Gasteiger partial charge in [0.05, 0.1) is 13.1 Å². The molecular formula is C6H11F2NS2. The highest BCUT2D eigenvalue weighted by Gasteiger charge is 2.43. The lowest BCUT2D eigenvalue weighted by Crippen LogP contribution is -2.56. The topological polar surface area (TPSA) is 3.24 Å². The van der Waals surface area contributed by atoms with E-state index in [1.165, 1.54) is 0 Å². The van der Waals surface area contributed by atoms with Crippen LogP contribution in [0.4, 0.5) is 8.78 Å². The average molecular weight is 199 g/mol. The first kappa shape index (κ1) is 9.48. The number of nitrogens with zero attached hydrogens (tertiary/aromatic N) is 1. The van der Waals surface area contributed by atoms with E-state index in [-0.39, 0.29) is 22.5 Å². The average Bonchev–Trinajstić information content (AvgIpc) is 1.78. The first-order valence-electron chi connectivity index (χ1n) is 3.40. The minimum absolute atomic E-state index is 0.0319. The normalized spacial score (nSPS) is 26.1. The molecule has 0 amide bonds. The predicted octanol–water partition coefficient (Wildman–Crippen LogP) is 0.647. The predicted molar refractivity (Wildman–Crippen MR) is 46.9 cm³/mol. The quantitative estimate of drug-likeness (QED) is 0.656. The first-order chi connectivity index (χ1) is 4.99. The molecule has 0 saturated carbocycles. The third-order valence-electron chi connectivity index (χ3n) is 1.60. The largest absolute Gasteiger partial charge is 0.291 e. The molecule has 1 atom stereocenters. The molecule has 11 heavy (non-hydrogen) atoms. The van der Waals surface area contributed by atoms with Crippen LogP contribution in [0.25, 0.3) is 0 Å². The molecule has 0 radical (unpaired) electrons. The highest BCUT2D eigenvalue weighted by atomic mass is 32.8. The summed E-state index contributed by atoms with van der Waals surface area (Å²) in [7, 11) is -0.0319. The molecule has 0 N–H and O–H groups in total. The van der Waals surface area contributed by atoms with Crippen molar-refractivity contribution in [3.63, 3.8) is 0 Å². The van der Waals surface area contributed by atoms with Gasteiger partial charge in [-0.2, -0.15) is 0 Å². The number of rotatable bonds is 3. The van der Waals surface area contributed by atoms with Gasteiger partial charge in [-0.3, -0.25) is 4.90 Å². The smallest absolute Gasteiger partial charge is 0.272 e. The summed E-state index contributed by atoms with van der Waals surface area (Å²) in [6.45, 7) is 0.595. The van der Waals surface area contributed by atoms with Gasteiger partial charge < -0.3 is 0 Å². The Labute approximate surface area is 72.3 Å². The molecule has 1 nitrogen and oxygen atoms in total. The second-order valence-corrected chi connectivity index (χ2v) is 6.11. The van der Waals surface area contributed by atoms with Crippen LogP contribution >= 0.6 is 0 Å². The monoisotopic (exact) mass is 199 g/mol. The maximum absolute atomic E-state index is 12.2. The zero-order chi connectivity index (χ0) is 8.48. The van der Waals surface area contributed by atoms with E-state index in [0.29, 0.717) is 0 Å². The van der Waals surface area contributed by atoms with Crippen molar-refractivity contribution >= 4 is 20.6 Å². The van der Waals surface area contributed by atoms with Crippen LogP contribution in [0.3, 0.4) is 0 Å². The number of alkyl halides is 2. The number of likely N-dealkylation sites (tertiary alicyclic amines) is 1. The van der Waals surface area contributed by atoms with E-state index in [0.717, 1.165) is 12.3 Å². The Morgan fingerprint density at radius 2 is 2.09 bits per heavy atom. The van der Waals surface area contributed by atoms with Crippen molar-refractivity contribution in [2.45, 2.75) is 5.92 Å². The zero-order valence-corrected chi connectivity index (χ0v) is 7.98. The molecule has 0 aromatic carbocycles. The van der Waals surface area contributed by atoms with Crippen LogP contribution in [0.2, 0.25) is 0 Å². The second-order valence-electron chi connectivity index (χ2n) is 2.84. The summed E-state index contributed by atoms with van der Waals surface area (Å²) in [6.07, 6.45) is 1.95. The third kappa shape index (κ3) is 3.09. The van der Waals surface area contributed by atoms with Crippen LogP contribution in [0.15, 0.2) is 0 Å². The maximum Gasteiger partial charge on any atom is 0.272 e. The summed E-state index contributed by atoms with van der Waals surface area (Å²) in [5.74, 6) is -1.56. The Kier molecular flexibility index (Phi) is 2.94. The fraction of sp³-hybridized carbons (Fsp3) is 1.00. The third-order valence-corrected chi connectivity index (χ3v) is 2.86. The molecule has 1 aliphatic rings. The van der Waals surface area contributed by atoms with Crippen LogP contribution < -0.4 is 0 Å². The molecule has 1 aliphatic heterocycles. The van der Waals surface area contributed by atoms with E-state index < -0.39 is 5.92 Å². The highest BCUT2D eigenvalue weighted by Crippen LogP contribution is 2.25. The molecule has 0 aromatic rings. The SMILES string of the molecule is CS(=S)CCN1CC(F)(F)C1. The molecule has 0 spiro atoms. The van der Waals surface area contributed by atoms with E-state index in [1.807, 2.05) is 6.26 Å². The summed E-state index contributed by atoms with van der Waals surface area (Å²) in [5, 5.41) is 0. The molecule has 1 saturated heterocycles. The second kappa shape index (κ2) is 3.41. The minimum Gasteiger partial charge on any atom is -0.291 e. The summed E-state index contributed by atoms with van der Waals surface area (Å²) in [6, 6.07) is 0. The van der Waals surface area contributed by atoms with Crippen molar-refractivity contribution in [2.24, 2.45) is 0 Å². The van der Waals surface area contributed by atoms with Crippen LogP contribution in [0.5, 0.6) is 0 Å². The lowest BCUT2D eigenvalue weighted by atomic mass is 10.1. The highest BCUT2D eigenvalue weighted by molar-refractivity contribution is 8.28. The van der Waals surface area contributed by atoms with Gasteiger partial charge >= 0.3 is 0 Å². The van der Waals surface area contributed by atoms with Gasteiger partial charge in [-0.25, -0.2) is 8.78 Å². The van der Waals surface area contributed by atoms with Crippen molar-refractivity contribution in [1.82, 2.24) is 4.90 Å². The number of hydrogen-bond donors (Lipinski definition) is 0. The fourth-order valence-corrected chi connectivity index (χ4v) is 1.76. The molecule has 0 aliphatic carbocycles. The van der Waals surface area contributed by atoms with Crippen molar-refractivity contribution in [3.8, 4) is 0 Å². The standard InChI is InChI=1S/C6H11F2NS2/c1-11(10)3-2-9-4-6(7,8)5-9/h2-5H2,1H3. The van der Waals surface area contributed by atoms with Gasteiger partial charge in [-0.15, -0.1) is 9.45 Å². The molecule has 0 aromatic heterocycles. The van der Waals surface area contributed by atoms with Gasteiger partial charge in [0.1, 0.15) is 0 Å². The number of hydrogen-bond acceptors (Lipinski definition) is 2. The Balaban J connectivity index is 2.09. The van der Waals surface area contributed by atoms with Gasteiger partial charge in [-0.05, 0) is 6.26 Å². The Hall–Kier alpha value is 0.390. The molecule has 1 heterocycles. The van der Waals surface area contributed by atoms with E-state index >= 15 is 0 Å². The maximum atomic E-state index is 12.2. The molecule has 0 bridgehead atoms. The van der Waals surface area contributed by atoms with Crippen LogP contribution in [-0.4, -0.2) is 42.5 Å². The lowest BCUT2D eigenvalue weighted by molar-refractivity contribution is -0.127. The number of halogens is 2. The molecule has 5 heteroatoms. The Morgan fingerprint density at radius 1 is 1.55 bits per heavy atom. The van der Waals surface area contributed by atoms with Gasteiger partial charge in [0.2, 0.25) is 0 Å². The van der Waals surface area contributed by atoms with Crippen molar-refractivity contribution in [1.29, 1.82) is 0 Å². The Bertz CT molecular complexity index is 164. The fourth-order valence-electron chi connectivity index (χ4n) is 1.02. The minimum atomic E-state index is -2.42. The lowest BCUT2D eigenvalue weighted by Gasteiger charge is -2.38. The Morgan fingerprint density at radius 3 is 2.45 bits per heavy atom. The summed E-state index contributed by atoms with van der Waals surface area (Å²) < 4.78 is 24.5. The zero-order valence-electron chi connectivity index (χ0n) is 6.35. The van der Waals surface area contributed by atoms with E-state index in [9.17, 15) is 8.78 Å². The first-order valence-corrected chi connectivity index (χ1v) is 6.12. The van der Waals surface area contributed by atoms with Crippen LogP contribution in [-0.2, 0) is 20.6 Å². The molecule has 1 fully saturated rings. The van der Waals surface area contributed by atoms with Crippen LogP contribution in [0.1, 0.15) is 0 Å². The molecular weight excluding hydrogens is 188 g/mol. The van der Waals surface area contributed by atoms with Crippen molar-refractivity contribution < 1.29 is 8.78 Å². The molecule has 1 unspecified atom stereocenters. The van der Waals surface area contributed by atoms with E-state index in [2.05, 4.69) is 0 Å². The van der Waals surface area contributed by atoms with Gasteiger partial charge in [0.15, 0.2) is 0 Å². The van der Waals surface area contributed by atoms with Crippen molar-refractivity contribution in [3.05, 3.63) is 0 Å².